The molecule has 44 heavy (non-hydrogen) atoms. The third kappa shape index (κ3) is 5.61. The number of hydrogen-bond acceptors (Lipinski definition) is 0. The van der Waals surface area contributed by atoms with E-state index in [-0.39, 0.29) is 9.04 Å². The standard InChI is InChI=1S/C28H37.C12H9Si.2ClH.Zr/c1-9-10-20-11-12-21-16-25(28(6,7)8)17-26(21)27(20)24-14-22(18(2)3)13-23(15-24)19(4)5;1-3-7-11-9(5-1)10-6-2-4-8-12(10)13-11;;;/h11-19H,9-10H2,1-8H3;1-7H,13H2;2*1H;/q;;;;+2/p-2. The Morgan fingerprint density at radius 2 is 1.48 bits per heavy atom. The normalized spacial score (nSPS) is 16.5. The minimum absolute atomic E-state index is 0.0565. The molecular weight excluding hydrogens is 671 g/mol. The summed E-state index contributed by atoms with van der Waals surface area (Å²) >= 11 is -4.08. The number of allylic oxidation sites excluding steroid dienone is 1. The first kappa shape index (κ1) is 32.2. The summed E-state index contributed by atoms with van der Waals surface area (Å²) in [5, 5.41) is 3.01. The topological polar surface area (TPSA) is 0 Å². The molecule has 4 aromatic carbocycles. The van der Waals surface area contributed by atoms with E-state index in [0.717, 1.165) is 12.8 Å². The Morgan fingerprint density at radius 3 is 2.11 bits per heavy atom. The Bertz CT molecular complexity index is 1750. The molecule has 0 radical (unpaired) electrons. The van der Waals surface area contributed by atoms with Crippen LogP contribution in [0.2, 0.25) is 0 Å². The van der Waals surface area contributed by atoms with Crippen LogP contribution in [-0.2, 0) is 24.3 Å². The molecule has 1 aliphatic heterocycles. The fourth-order valence-corrected chi connectivity index (χ4v) is 24.6. The summed E-state index contributed by atoms with van der Waals surface area (Å²) in [7, 11) is 15.4. The van der Waals surface area contributed by atoms with Gasteiger partial charge in [0.05, 0.1) is 0 Å². The molecule has 228 valence electrons. The van der Waals surface area contributed by atoms with Crippen molar-refractivity contribution >= 4 is 46.3 Å². The van der Waals surface area contributed by atoms with Crippen molar-refractivity contribution in [2.45, 2.75) is 83.7 Å². The summed E-state index contributed by atoms with van der Waals surface area (Å²) in [6.45, 7) is 18.6. The summed E-state index contributed by atoms with van der Waals surface area (Å²) < 4.78 is 1.37. The molecule has 0 bridgehead atoms. The second-order valence-electron chi connectivity index (χ2n) is 14.6. The van der Waals surface area contributed by atoms with Gasteiger partial charge in [0.15, 0.2) is 0 Å². The van der Waals surface area contributed by atoms with E-state index in [1.54, 1.807) is 0 Å². The van der Waals surface area contributed by atoms with Crippen LogP contribution in [0.5, 0.6) is 0 Å². The van der Waals surface area contributed by atoms with Crippen LogP contribution in [0.1, 0.15) is 105 Å². The van der Waals surface area contributed by atoms with Crippen LogP contribution in [0.3, 0.4) is 0 Å². The van der Waals surface area contributed by atoms with Gasteiger partial charge in [-0.05, 0) is 0 Å². The van der Waals surface area contributed by atoms with Gasteiger partial charge in [-0.2, -0.15) is 0 Å². The molecule has 0 spiro atoms. The molecule has 1 atom stereocenters. The molecule has 0 nitrogen and oxygen atoms in total. The summed E-state index contributed by atoms with van der Waals surface area (Å²) in [5.41, 5.74) is 13.8. The van der Waals surface area contributed by atoms with Gasteiger partial charge < -0.3 is 0 Å². The Kier molecular flexibility index (Phi) is 8.91. The van der Waals surface area contributed by atoms with Gasteiger partial charge in [0.2, 0.25) is 0 Å². The van der Waals surface area contributed by atoms with Crippen molar-refractivity contribution in [2.75, 3.05) is 0 Å². The monoisotopic (exact) mass is 714 g/mol. The van der Waals surface area contributed by atoms with Crippen molar-refractivity contribution < 1.29 is 17.9 Å². The fraction of sp³-hybridized carbons (Fsp3) is 0.350. The minimum atomic E-state index is -4.08. The third-order valence-corrected chi connectivity index (χ3v) is 24.0. The average Bonchev–Trinajstić information content (AvgIpc) is 3.56. The van der Waals surface area contributed by atoms with E-state index < -0.39 is 27.4 Å². The van der Waals surface area contributed by atoms with E-state index in [4.69, 9.17) is 17.0 Å². The van der Waals surface area contributed by atoms with Crippen molar-refractivity contribution in [3.63, 3.8) is 0 Å². The van der Waals surface area contributed by atoms with E-state index in [9.17, 15) is 0 Å². The van der Waals surface area contributed by atoms with Crippen LogP contribution in [0.15, 0.2) is 78.4 Å². The SMILES string of the molecule is CCCc1ccc2c(c1-c1cc(C(C)C)cc(C(C)C)c1)C=C(C(C)(C)C)[CH]2[Zr]([Cl])([Cl])[c]1cccc2c1[SiH2]c1ccccc1-2. The predicted octanol–water partition coefficient (Wildman–Crippen LogP) is 9.92. The summed E-state index contributed by atoms with van der Waals surface area (Å²) in [4.78, 5) is 0. The van der Waals surface area contributed by atoms with E-state index >= 15 is 0 Å². The van der Waals surface area contributed by atoms with Crippen LogP contribution in [0.4, 0.5) is 0 Å². The first-order valence-electron chi connectivity index (χ1n) is 16.4. The molecule has 1 unspecified atom stereocenters. The molecule has 1 aliphatic carbocycles. The first-order chi connectivity index (χ1) is 20.8. The summed E-state index contributed by atoms with van der Waals surface area (Å²) in [6, 6.07) is 27.8. The van der Waals surface area contributed by atoms with E-state index in [1.165, 1.54) is 69.3 Å². The Morgan fingerprint density at radius 1 is 0.818 bits per heavy atom. The van der Waals surface area contributed by atoms with E-state index in [2.05, 4.69) is 134 Å². The van der Waals surface area contributed by atoms with Gasteiger partial charge >= 0.3 is 282 Å². The fourth-order valence-electron chi connectivity index (χ4n) is 7.47. The number of rotatable bonds is 7. The number of aryl methyl sites for hydroxylation is 1. The Hall–Kier alpha value is -1.70. The average molecular weight is 717 g/mol. The molecule has 0 aromatic heterocycles. The van der Waals surface area contributed by atoms with Crippen LogP contribution in [0.25, 0.3) is 28.3 Å². The molecule has 0 saturated heterocycles. The van der Waals surface area contributed by atoms with Crippen LogP contribution in [0, 0.1) is 5.41 Å². The summed E-state index contributed by atoms with van der Waals surface area (Å²) in [5.74, 6) is 0.936. The molecule has 1 heterocycles. The van der Waals surface area contributed by atoms with Crippen LogP contribution < -0.4 is 13.6 Å². The van der Waals surface area contributed by atoms with Crippen molar-refractivity contribution in [3.8, 4) is 22.3 Å². The third-order valence-electron chi connectivity index (χ3n) is 9.84. The van der Waals surface area contributed by atoms with Gasteiger partial charge in [0.1, 0.15) is 0 Å². The quantitative estimate of drug-likeness (QED) is 0.147. The number of hydrogen-bond donors (Lipinski definition) is 0. The van der Waals surface area contributed by atoms with Gasteiger partial charge in [-0.3, -0.25) is 0 Å². The molecule has 2 aliphatic rings. The molecule has 0 amide bonds. The second-order valence-corrected chi connectivity index (χ2v) is 30.4. The van der Waals surface area contributed by atoms with Crippen LogP contribution in [-0.4, -0.2) is 9.52 Å². The maximum absolute atomic E-state index is 8.01. The van der Waals surface area contributed by atoms with Gasteiger partial charge in [0.25, 0.3) is 0 Å². The zero-order valence-electron chi connectivity index (χ0n) is 27.6. The molecular formula is C40H46Cl2SiZr. The first-order valence-corrected chi connectivity index (χ1v) is 26.8. The maximum atomic E-state index is 8.01. The van der Waals surface area contributed by atoms with Crippen molar-refractivity contribution in [1.29, 1.82) is 0 Å². The van der Waals surface area contributed by atoms with Gasteiger partial charge in [-0.1, -0.05) is 0 Å². The summed E-state index contributed by atoms with van der Waals surface area (Å²) in [6.07, 6.45) is 4.68. The number of halogens is 2. The van der Waals surface area contributed by atoms with Crippen molar-refractivity contribution in [2.24, 2.45) is 5.41 Å². The zero-order valence-corrected chi connectivity index (χ0v) is 33.0. The van der Waals surface area contributed by atoms with E-state index in [0.29, 0.717) is 11.8 Å². The Balaban J connectivity index is 1.59. The van der Waals surface area contributed by atoms with Gasteiger partial charge in [-0.25, -0.2) is 0 Å². The molecule has 0 fully saturated rings. The van der Waals surface area contributed by atoms with Crippen LogP contribution >= 0.6 is 17.0 Å². The number of benzene rings is 4. The predicted molar refractivity (Wildman–Crippen MR) is 195 cm³/mol. The second kappa shape index (κ2) is 12.2. The molecule has 4 heteroatoms. The molecule has 0 N–H and O–H groups in total. The molecule has 0 saturated carbocycles. The van der Waals surface area contributed by atoms with E-state index in [1.807, 2.05) is 0 Å². The molecule has 4 aromatic rings. The Labute approximate surface area is 279 Å². The van der Waals surface area contributed by atoms with Crippen molar-refractivity contribution in [3.05, 3.63) is 106 Å². The number of fused-ring (bicyclic) bond motifs is 4. The zero-order chi connectivity index (χ0) is 31.6. The van der Waals surface area contributed by atoms with Gasteiger partial charge in [-0.15, -0.1) is 0 Å². The van der Waals surface area contributed by atoms with Gasteiger partial charge in [0, 0.05) is 0 Å². The molecule has 6 rings (SSSR count). The van der Waals surface area contributed by atoms with Crippen molar-refractivity contribution in [1.82, 2.24) is 0 Å².